The van der Waals surface area contributed by atoms with Crippen molar-refractivity contribution in [2.24, 2.45) is 0 Å². The summed E-state index contributed by atoms with van der Waals surface area (Å²) in [6.07, 6.45) is 3.43. The second kappa shape index (κ2) is 6.83. The molecule has 9 heteroatoms. The Morgan fingerprint density at radius 1 is 1.12 bits per heavy atom. The van der Waals surface area contributed by atoms with E-state index in [0.29, 0.717) is 22.5 Å². The van der Waals surface area contributed by atoms with E-state index in [-0.39, 0.29) is 17.6 Å². The number of rotatable bonds is 5. The number of pyridine rings is 1. The first-order valence-corrected chi connectivity index (χ1v) is 9.38. The van der Waals surface area contributed by atoms with Crippen LogP contribution in [0.4, 0.5) is 13.5 Å². The summed E-state index contributed by atoms with van der Waals surface area (Å²) in [4.78, 5) is 16.5. The largest absolute Gasteiger partial charge is 0.350 e. The fourth-order valence-electron chi connectivity index (χ4n) is 2.48. The van der Waals surface area contributed by atoms with Gasteiger partial charge in [0.2, 0.25) is 10.9 Å². The van der Waals surface area contributed by atoms with E-state index in [1.807, 2.05) is 13.8 Å². The van der Waals surface area contributed by atoms with Crippen LogP contribution in [-0.2, 0) is 10.9 Å². The Morgan fingerprint density at radius 3 is 2.42 bits per heavy atom. The number of amides is 1. The molecule has 0 aliphatic rings. The molecule has 0 spiro atoms. The van der Waals surface area contributed by atoms with Gasteiger partial charge in [0.1, 0.15) is 5.65 Å². The number of carbonyl (C=O) groups excluding carboxylic acids is 1. The quantitative estimate of drug-likeness (QED) is 0.470. The van der Waals surface area contributed by atoms with Gasteiger partial charge in [0.15, 0.2) is 0 Å². The molecule has 0 atom stereocenters. The normalized spacial score (nSPS) is 12.3. The number of hydrogen-bond donors (Lipinski definition) is 3. The summed E-state index contributed by atoms with van der Waals surface area (Å²) in [5, 5.41) is 2.82. The minimum absolute atomic E-state index is 0.0348. The van der Waals surface area contributed by atoms with E-state index in [1.54, 1.807) is 45.8 Å². The SMILES string of the molecule is CC(C)NC(=O)c1ccc2nc(-c3ccc(N[SH](=O)(F)F)cc3)cn2c1. The van der Waals surface area contributed by atoms with Crippen LogP contribution in [0.5, 0.6) is 0 Å². The van der Waals surface area contributed by atoms with Crippen LogP contribution in [-0.4, -0.2) is 25.5 Å². The average molecular weight is 380 g/mol. The molecule has 0 unspecified atom stereocenters. The fourth-order valence-corrected chi connectivity index (χ4v) is 2.93. The maximum atomic E-state index is 12.5. The van der Waals surface area contributed by atoms with Crippen LogP contribution in [0.1, 0.15) is 24.2 Å². The van der Waals surface area contributed by atoms with Crippen LogP contribution in [0.25, 0.3) is 16.9 Å². The molecule has 6 nitrogen and oxygen atoms in total. The van der Waals surface area contributed by atoms with Crippen molar-refractivity contribution >= 4 is 28.1 Å². The van der Waals surface area contributed by atoms with Gasteiger partial charge >= 0.3 is 0 Å². The Hall–Kier alpha value is -2.81. The highest BCUT2D eigenvalue weighted by molar-refractivity contribution is 7.94. The van der Waals surface area contributed by atoms with Crippen LogP contribution < -0.4 is 10.0 Å². The predicted octanol–water partition coefficient (Wildman–Crippen LogP) is 3.25. The van der Waals surface area contributed by atoms with E-state index >= 15 is 0 Å². The minimum atomic E-state index is -5.33. The van der Waals surface area contributed by atoms with Crippen LogP contribution in [0, 0.1) is 0 Å². The van der Waals surface area contributed by atoms with Crippen molar-refractivity contribution in [2.75, 3.05) is 4.72 Å². The van der Waals surface area contributed by atoms with Gasteiger partial charge in [0.05, 0.1) is 11.3 Å². The van der Waals surface area contributed by atoms with Gasteiger partial charge in [0.25, 0.3) is 5.91 Å². The molecule has 1 aromatic carbocycles. The molecule has 3 rings (SSSR count). The van der Waals surface area contributed by atoms with Gasteiger partial charge in [-0.1, -0.05) is 12.1 Å². The summed E-state index contributed by atoms with van der Waals surface area (Å²) in [5.74, 6) is -0.172. The smallest absolute Gasteiger partial charge is 0.252 e. The lowest BCUT2D eigenvalue weighted by Gasteiger charge is -2.09. The Labute approximate surface area is 150 Å². The molecule has 0 aliphatic heterocycles. The Kier molecular flexibility index (Phi) is 4.73. The van der Waals surface area contributed by atoms with Gasteiger partial charge in [-0.15, -0.1) is 7.77 Å². The molecule has 3 aromatic rings. The molecular weight excluding hydrogens is 362 g/mol. The summed E-state index contributed by atoms with van der Waals surface area (Å²) in [5.41, 5.74) is 2.57. The van der Waals surface area contributed by atoms with Crippen molar-refractivity contribution in [3.8, 4) is 11.3 Å². The highest BCUT2D eigenvalue weighted by Gasteiger charge is 2.11. The summed E-state index contributed by atoms with van der Waals surface area (Å²) in [6, 6.07) is 9.48. The van der Waals surface area contributed by atoms with Crippen LogP contribution in [0.3, 0.4) is 0 Å². The van der Waals surface area contributed by atoms with Crippen molar-refractivity contribution < 1.29 is 16.8 Å². The predicted molar refractivity (Wildman–Crippen MR) is 98.6 cm³/mol. The van der Waals surface area contributed by atoms with Gasteiger partial charge in [0, 0.05) is 29.7 Å². The number of anilines is 1. The van der Waals surface area contributed by atoms with Crippen molar-refractivity contribution in [1.82, 2.24) is 14.7 Å². The van der Waals surface area contributed by atoms with E-state index in [1.165, 1.54) is 12.1 Å². The lowest BCUT2D eigenvalue weighted by Crippen LogP contribution is -2.30. The summed E-state index contributed by atoms with van der Waals surface area (Å²) < 4.78 is 39.0. The second-order valence-corrected chi connectivity index (χ2v) is 7.24. The maximum Gasteiger partial charge on any atom is 0.252 e. The number of hydrogen-bond acceptors (Lipinski definition) is 3. The van der Waals surface area contributed by atoms with Gasteiger partial charge in [-0.05, 0) is 38.1 Å². The average Bonchev–Trinajstić information content (AvgIpc) is 2.96. The molecule has 2 heterocycles. The molecule has 138 valence electrons. The van der Waals surface area contributed by atoms with E-state index in [4.69, 9.17) is 0 Å². The third kappa shape index (κ3) is 4.23. The molecule has 1 amide bonds. The van der Waals surface area contributed by atoms with Crippen molar-refractivity contribution in [2.45, 2.75) is 19.9 Å². The summed E-state index contributed by atoms with van der Waals surface area (Å²) in [7, 11) is -5.33. The van der Waals surface area contributed by atoms with E-state index in [9.17, 15) is 16.8 Å². The van der Waals surface area contributed by atoms with Crippen LogP contribution in [0.2, 0.25) is 0 Å². The monoisotopic (exact) mass is 380 g/mol. The van der Waals surface area contributed by atoms with Gasteiger partial charge < -0.3 is 9.72 Å². The third-order valence-electron chi connectivity index (χ3n) is 3.57. The number of nitrogens with one attached hydrogen (secondary N) is 2. The van der Waals surface area contributed by atoms with E-state index < -0.39 is 10.9 Å². The zero-order chi connectivity index (χ0) is 18.9. The van der Waals surface area contributed by atoms with Crippen molar-refractivity contribution in [3.05, 3.63) is 54.4 Å². The number of benzene rings is 1. The molecular formula is C17H18F2N4O2S. The molecule has 0 radical (unpaired) electrons. The number of carbonyl (C=O) groups is 1. The highest BCUT2D eigenvalue weighted by Crippen LogP contribution is 2.23. The van der Waals surface area contributed by atoms with Crippen molar-refractivity contribution in [3.63, 3.8) is 0 Å². The summed E-state index contributed by atoms with van der Waals surface area (Å²) in [6.45, 7) is 3.77. The number of thiol groups is 1. The first-order chi connectivity index (χ1) is 12.2. The molecule has 0 bridgehead atoms. The Morgan fingerprint density at radius 2 is 1.81 bits per heavy atom. The lowest BCUT2D eigenvalue weighted by molar-refractivity contribution is 0.0942. The molecule has 26 heavy (non-hydrogen) atoms. The van der Waals surface area contributed by atoms with Gasteiger partial charge in [-0.25, -0.2) is 9.19 Å². The topological polar surface area (TPSA) is 75.5 Å². The first kappa shape index (κ1) is 18.0. The molecule has 0 aliphatic carbocycles. The van der Waals surface area contributed by atoms with Gasteiger partial charge in [-0.3, -0.25) is 9.52 Å². The fraction of sp³-hybridized carbons (Fsp3) is 0.176. The number of halogens is 2. The molecule has 0 saturated heterocycles. The zero-order valence-electron chi connectivity index (χ0n) is 14.1. The Bertz CT molecular complexity index is 996. The third-order valence-corrected chi connectivity index (χ3v) is 4.09. The van der Waals surface area contributed by atoms with Crippen molar-refractivity contribution in [1.29, 1.82) is 0 Å². The standard InChI is InChI=1S/C17H18F2N4O2S/c1-11(2)20-17(24)13-5-8-16-21-15(10-23(16)9-13)12-3-6-14(7-4-12)22-26(18,19)25/h3-11,26H,1-2H3,(H,20,24)(H,22,25). The minimum Gasteiger partial charge on any atom is -0.350 e. The molecule has 0 fully saturated rings. The number of nitrogens with zero attached hydrogens (tertiary/aromatic N) is 2. The van der Waals surface area contributed by atoms with E-state index in [0.717, 1.165) is 0 Å². The molecule has 2 aromatic heterocycles. The van der Waals surface area contributed by atoms with E-state index in [2.05, 4.69) is 10.3 Å². The maximum absolute atomic E-state index is 12.5. The lowest BCUT2D eigenvalue weighted by atomic mass is 10.1. The number of imidazole rings is 1. The molecule has 2 N–H and O–H groups in total. The first-order valence-electron chi connectivity index (χ1n) is 7.89. The number of aromatic nitrogens is 2. The number of fused-ring (bicyclic) bond motifs is 1. The van der Waals surface area contributed by atoms with Crippen LogP contribution >= 0.6 is 0 Å². The second-order valence-electron chi connectivity index (χ2n) is 6.09. The Balaban J connectivity index is 1.87. The van der Waals surface area contributed by atoms with Crippen LogP contribution in [0.15, 0.2) is 48.8 Å². The summed E-state index contributed by atoms with van der Waals surface area (Å²) >= 11 is 0. The van der Waals surface area contributed by atoms with Gasteiger partial charge in [-0.2, -0.15) is 0 Å². The highest BCUT2D eigenvalue weighted by atomic mass is 32.3. The molecule has 0 saturated carbocycles. The zero-order valence-corrected chi connectivity index (χ0v) is 15.0.